The topological polar surface area (TPSA) is 0 Å². The lowest BCUT2D eigenvalue weighted by atomic mass is 10.0. The van der Waals surface area contributed by atoms with Crippen LogP contribution in [0, 0.1) is 0 Å². The zero-order chi connectivity index (χ0) is 27.1. The maximum atomic E-state index is 2.48. The smallest absolute Gasteiger partial charge is 0.0963 e. The van der Waals surface area contributed by atoms with Crippen LogP contribution in [0.25, 0.3) is 0 Å². The lowest BCUT2D eigenvalue weighted by Gasteiger charge is -2.28. The van der Waals surface area contributed by atoms with Crippen LogP contribution in [0.1, 0.15) is 195 Å². The van der Waals surface area contributed by atoms with E-state index in [2.05, 4.69) is 52.2 Å². The molecule has 0 rings (SSSR count). The van der Waals surface area contributed by atoms with Crippen LogP contribution in [0.4, 0.5) is 0 Å². The number of unbranched alkanes of at least 4 members (excludes halogenated alkanes) is 24. The van der Waals surface area contributed by atoms with Crippen LogP contribution in [0.5, 0.6) is 0 Å². The molecular weight excluding hydrogens is 482 g/mol. The highest BCUT2D eigenvalue weighted by molar-refractivity contribution is 4.82. The van der Waals surface area contributed by atoms with Crippen molar-refractivity contribution >= 4 is 0 Å². The minimum absolute atomic E-state index is 0. The van der Waals surface area contributed by atoms with E-state index in [1.54, 1.807) is 0 Å². The normalized spacial score (nSPS) is 12.1. The standard InChI is InChI=1S/C36H72N.ClH/c1-5-9-11-13-15-17-19-21-23-25-27-29-31-33-35-37(7-3,8-4)36-34-32-30-28-26-24-22-20-18-16-14-12-10-6-2;/h33-36H,5-32H2,1-4H3;1H/q+1;/p-1. The zero-order valence-electron chi connectivity index (χ0n) is 26.9. The molecule has 0 amide bonds. The Labute approximate surface area is 248 Å². The number of allylic oxidation sites excluding steroid dienone is 2. The van der Waals surface area contributed by atoms with Crippen molar-refractivity contribution in [3.8, 4) is 0 Å². The third kappa shape index (κ3) is 27.3. The van der Waals surface area contributed by atoms with E-state index in [1.165, 1.54) is 180 Å². The number of hydrogen-bond acceptors (Lipinski definition) is 0. The van der Waals surface area contributed by atoms with Gasteiger partial charge in [0.25, 0.3) is 0 Å². The van der Waals surface area contributed by atoms with Crippen LogP contribution in [-0.4, -0.2) is 17.6 Å². The summed E-state index contributed by atoms with van der Waals surface area (Å²) >= 11 is 0. The molecule has 0 atom stereocenters. The van der Waals surface area contributed by atoms with Gasteiger partial charge in [0.2, 0.25) is 0 Å². The average molecular weight is 554 g/mol. The van der Waals surface area contributed by atoms with Gasteiger partial charge in [0.1, 0.15) is 0 Å². The van der Waals surface area contributed by atoms with Crippen molar-refractivity contribution in [3.63, 3.8) is 0 Å². The Kier molecular flexibility index (Phi) is 34.6. The van der Waals surface area contributed by atoms with Crippen LogP contribution in [-0.2, 0) is 0 Å². The molecule has 0 aliphatic heterocycles. The van der Waals surface area contributed by atoms with Gasteiger partial charge in [-0.2, -0.15) is 0 Å². The number of nitrogens with zero attached hydrogens (tertiary/aromatic N) is 1. The first-order valence-corrected chi connectivity index (χ1v) is 17.5. The van der Waals surface area contributed by atoms with E-state index >= 15 is 0 Å². The Balaban J connectivity index is 0. The largest absolute Gasteiger partial charge is 1.00 e. The number of quaternary nitrogens is 1. The predicted molar refractivity (Wildman–Crippen MR) is 171 cm³/mol. The van der Waals surface area contributed by atoms with Gasteiger partial charge in [0.15, 0.2) is 0 Å². The summed E-state index contributed by atoms with van der Waals surface area (Å²) in [7, 11) is 0. The van der Waals surface area contributed by atoms with Crippen molar-refractivity contribution in [2.24, 2.45) is 0 Å². The van der Waals surface area contributed by atoms with E-state index in [-0.39, 0.29) is 12.4 Å². The molecule has 0 N–H and O–H groups in total. The molecule has 0 aromatic carbocycles. The van der Waals surface area contributed by atoms with Crippen molar-refractivity contribution in [1.29, 1.82) is 0 Å². The highest BCUT2D eigenvalue weighted by Crippen LogP contribution is 2.16. The van der Waals surface area contributed by atoms with Gasteiger partial charge in [0, 0.05) is 0 Å². The molecule has 0 radical (unpaired) electrons. The first-order chi connectivity index (χ1) is 18.2. The van der Waals surface area contributed by atoms with E-state index in [9.17, 15) is 0 Å². The van der Waals surface area contributed by atoms with E-state index in [1.807, 2.05) is 0 Å². The Hall–Kier alpha value is -0.270. The molecule has 1 nitrogen and oxygen atoms in total. The lowest BCUT2D eigenvalue weighted by Crippen LogP contribution is -3.00. The summed E-state index contributed by atoms with van der Waals surface area (Å²) in [5, 5.41) is 0. The fourth-order valence-corrected chi connectivity index (χ4v) is 5.47. The van der Waals surface area contributed by atoms with Gasteiger partial charge in [-0.3, -0.25) is 4.48 Å². The molecule has 38 heavy (non-hydrogen) atoms. The molecule has 0 fully saturated rings. The fraction of sp³-hybridized carbons (Fsp3) is 0.889. The second-order valence-electron chi connectivity index (χ2n) is 11.9. The monoisotopic (exact) mass is 554 g/mol. The van der Waals surface area contributed by atoms with Crippen molar-refractivity contribution < 1.29 is 16.9 Å². The molecule has 0 aromatic heterocycles. The Bertz CT molecular complexity index is 440. The molecule has 0 heterocycles. The minimum atomic E-state index is 0. The Morgan fingerprint density at radius 3 is 0.816 bits per heavy atom. The SMILES string of the molecule is CCCCCCCCCCCCCCC=C[N+](C=CCCCCCCCCCCCCCC)(CC)CC.[Cl-]. The Morgan fingerprint density at radius 1 is 0.342 bits per heavy atom. The first kappa shape index (κ1) is 39.9. The summed E-state index contributed by atoms with van der Waals surface area (Å²) in [5.74, 6) is 0. The summed E-state index contributed by atoms with van der Waals surface area (Å²) in [5.41, 5.74) is 0. The van der Waals surface area contributed by atoms with Crippen molar-refractivity contribution in [2.75, 3.05) is 13.1 Å². The first-order valence-electron chi connectivity index (χ1n) is 17.5. The maximum Gasteiger partial charge on any atom is 0.0963 e. The molecule has 2 heteroatoms. The van der Waals surface area contributed by atoms with Gasteiger partial charge in [-0.05, 0) is 51.7 Å². The molecule has 0 saturated heterocycles. The fourth-order valence-electron chi connectivity index (χ4n) is 5.47. The van der Waals surface area contributed by atoms with Gasteiger partial charge < -0.3 is 12.4 Å². The van der Waals surface area contributed by atoms with Crippen molar-refractivity contribution in [2.45, 2.75) is 195 Å². The van der Waals surface area contributed by atoms with Crippen LogP contribution < -0.4 is 12.4 Å². The van der Waals surface area contributed by atoms with E-state index in [0.717, 1.165) is 4.48 Å². The molecule has 0 aromatic rings. The molecule has 0 spiro atoms. The van der Waals surface area contributed by atoms with E-state index in [0.29, 0.717) is 0 Å². The van der Waals surface area contributed by atoms with Crippen LogP contribution >= 0.6 is 0 Å². The van der Waals surface area contributed by atoms with Crippen LogP contribution in [0.3, 0.4) is 0 Å². The van der Waals surface area contributed by atoms with Crippen molar-refractivity contribution in [1.82, 2.24) is 0 Å². The van der Waals surface area contributed by atoms with Gasteiger partial charge in [-0.25, -0.2) is 0 Å². The highest BCUT2D eigenvalue weighted by atomic mass is 35.5. The zero-order valence-corrected chi connectivity index (χ0v) is 27.7. The van der Waals surface area contributed by atoms with Gasteiger partial charge in [-0.15, -0.1) is 0 Å². The third-order valence-corrected chi connectivity index (χ3v) is 8.43. The molecule has 0 bridgehead atoms. The summed E-state index contributed by atoms with van der Waals surface area (Å²) < 4.78 is 1.02. The molecular formula is C36H72ClN. The van der Waals surface area contributed by atoms with Gasteiger partial charge in [-0.1, -0.05) is 155 Å². The highest BCUT2D eigenvalue weighted by Gasteiger charge is 2.15. The quantitative estimate of drug-likeness (QED) is 0.0612. The summed E-state index contributed by atoms with van der Waals surface area (Å²) in [6, 6.07) is 0. The van der Waals surface area contributed by atoms with Gasteiger partial charge in [0.05, 0.1) is 25.5 Å². The Morgan fingerprint density at radius 2 is 0.579 bits per heavy atom. The molecule has 0 aliphatic carbocycles. The van der Waals surface area contributed by atoms with E-state index < -0.39 is 0 Å². The van der Waals surface area contributed by atoms with E-state index in [4.69, 9.17) is 0 Å². The van der Waals surface area contributed by atoms with Gasteiger partial charge >= 0.3 is 0 Å². The maximum absolute atomic E-state index is 2.48. The summed E-state index contributed by atoms with van der Waals surface area (Å²) in [6.07, 6.45) is 46.9. The molecule has 0 unspecified atom stereocenters. The second-order valence-corrected chi connectivity index (χ2v) is 11.9. The molecule has 0 saturated carbocycles. The minimum Gasteiger partial charge on any atom is -1.00 e. The number of hydrogen-bond donors (Lipinski definition) is 0. The van der Waals surface area contributed by atoms with Crippen LogP contribution in [0.2, 0.25) is 0 Å². The predicted octanol–water partition coefficient (Wildman–Crippen LogP) is 10.1. The lowest BCUT2D eigenvalue weighted by molar-refractivity contribution is -0.824. The molecule has 228 valence electrons. The van der Waals surface area contributed by atoms with Crippen molar-refractivity contribution in [3.05, 3.63) is 24.6 Å². The molecule has 0 aliphatic rings. The average Bonchev–Trinajstić information content (AvgIpc) is 2.92. The van der Waals surface area contributed by atoms with Crippen LogP contribution in [0.15, 0.2) is 24.6 Å². The summed E-state index contributed by atoms with van der Waals surface area (Å²) in [6.45, 7) is 11.6. The second kappa shape index (κ2) is 32.9. The summed E-state index contributed by atoms with van der Waals surface area (Å²) in [4.78, 5) is 0. The number of halogens is 1. The number of rotatable bonds is 30. The third-order valence-electron chi connectivity index (χ3n) is 8.43.